The lowest BCUT2D eigenvalue weighted by atomic mass is 10.1. The van der Waals surface area contributed by atoms with Gasteiger partial charge in [-0.1, -0.05) is 54.6 Å². The molecule has 2 aromatic rings. The molecular weight excluding hydrogens is 288 g/mol. The van der Waals surface area contributed by atoms with Crippen molar-refractivity contribution in [3.05, 3.63) is 83.6 Å². The minimum atomic E-state index is -0.392. The number of amides is 1. The second kappa shape index (κ2) is 6.32. The summed E-state index contributed by atoms with van der Waals surface area (Å²) < 4.78 is 1.26. The van der Waals surface area contributed by atoms with Crippen LogP contribution in [-0.4, -0.2) is 16.4 Å². The third kappa shape index (κ3) is 3.06. The summed E-state index contributed by atoms with van der Waals surface area (Å²) in [5.74, 6) is -0.727. The molecule has 23 heavy (non-hydrogen) atoms. The van der Waals surface area contributed by atoms with E-state index in [0.29, 0.717) is 11.4 Å². The Morgan fingerprint density at radius 2 is 1.61 bits per heavy atom. The molecule has 0 spiro atoms. The summed E-state index contributed by atoms with van der Waals surface area (Å²) in [6.07, 6.45) is 3.11. The minimum Gasteiger partial charge on any atom is -0.289 e. The number of nitrogens with zero attached hydrogens (tertiary/aromatic N) is 2. The fourth-order valence-corrected chi connectivity index (χ4v) is 2.35. The molecule has 0 fully saturated rings. The van der Waals surface area contributed by atoms with Gasteiger partial charge in [0.05, 0.1) is 0 Å². The molecule has 1 aliphatic heterocycles. The van der Waals surface area contributed by atoms with Crippen molar-refractivity contribution in [3.63, 3.8) is 0 Å². The van der Waals surface area contributed by atoms with E-state index in [9.17, 15) is 9.59 Å². The van der Waals surface area contributed by atoms with Crippen LogP contribution in [0.1, 0.15) is 12.5 Å². The highest BCUT2D eigenvalue weighted by molar-refractivity contribution is 6.23. The topological polar surface area (TPSA) is 49.5 Å². The Labute approximate surface area is 134 Å². The lowest BCUT2D eigenvalue weighted by Crippen LogP contribution is -2.17. The number of azo groups is 2. The Morgan fingerprint density at radius 3 is 2.26 bits per heavy atom. The van der Waals surface area contributed by atoms with Gasteiger partial charge in [-0.15, -0.1) is 0 Å². The Kier molecular flexibility index (Phi) is 4.06. The summed E-state index contributed by atoms with van der Waals surface area (Å²) >= 11 is 0. The van der Waals surface area contributed by atoms with E-state index in [0.717, 1.165) is 5.56 Å². The number of rotatable bonds is 4. The molecule has 0 bridgehead atoms. The fraction of sp³-hybridized carbons (Fsp3) is 0.0526. The maximum absolute atomic E-state index is 12.5. The van der Waals surface area contributed by atoms with Crippen LogP contribution >= 0.6 is 0 Å². The van der Waals surface area contributed by atoms with Gasteiger partial charge in [-0.25, -0.2) is 4.79 Å². The monoisotopic (exact) mass is 303 g/mol. The molecule has 1 aliphatic rings. The zero-order valence-corrected chi connectivity index (χ0v) is 12.6. The molecule has 112 valence electrons. The summed E-state index contributed by atoms with van der Waals surface area (Å²) in [4.78, 5) is 24.9. The Morgan fingerprint density at radius 1 is 1.00 bits per heavy atom. The number of benzene rings is 2. The summed E-state index contributed by atoms with van der Waals surface area (Å²) in [5, 5.41) is 4.21. The number of carbonyl (C=O) groups is 2. The standard InChI is InChI=1S/C19H15N2O2/c1-14-18(17(22)13-12-15-8-4-2-5-9-15)19(23)21(20-14)16-10-6-3-7-11-16/h2-13H,1H3/q+1/b13-12+. The summed E-state index contributed by atoms with van der Waals surface area (Å²) in [5.41, 5.74) is 2.09. The van der Waals surface area contributed by atoms with Gasteiger partial charge in [0.25, 0.3) is 0 Å². The van der Waals surface area contributed by atoms with E-state index >= 15 is 0 Å². The molecule has 0 aliphatic carbocycles. The normalized spacial score (nSPS) is 14.5. The quantitative estimate of drug-likeness (QED) is 0.489. The van der Waals surface area contributed by atoms with Gasteiger partial charge in [0.15, 0.2) is 11.4 Å². The van der Waals surface area contributed by atoms with Crippen LogP contribution in [-0.2, 0) is 9.59 Å². The second-order valence-electron chi connectivity index (χ2n) is 5.12. The van der Waals surface area contributed by atoms with Crippen LogP contribution in [0.4, 0.5) is 5.69 Å². The van der Waals surface area contributed by atoms with E-state index in [1.807, 2.05) is 48.5 Å². The molecule has 2 aromatic carbocycles. The summed E-state index contributed by atoms with van der Waals surface area (Å²) in [6, 6.07) is 18.5. The molecule has 0 aromatic heterocycles. The average molecular weight is 303 g/mol. The first-order valence-electron chi connectivity index (χ1n) is 7.26. The largest absolute Gasteiger partial charge is 0.456 e. The van der Waals surface area contributed by atoms with Crippen molar-refractivity contribution in [2.45, 2.75) is 6.92 Å². The first kappa shape index (κ1) is 14.8. The third-order valence-electron chi connectivity index (χ3n) is 3.49. The van der Waals surface area contributed by atoms with E-state index in [1.165, 1.54) is 10.8 Å². The maximum Gasteiger partial charge on any atom is 0.456 e. The minimum absolute atomic E-state index is 0.112. The number of para-hydroxylation sites is 1. The molecule has 0 atom stereocenters. The number of ketones is 1. The molecule has 0 N–H and O–H groups in total. The molecule has 0 saturated heterocycles. The van der Waals surface area contributed by atoms with Gasteiger partial charge in [0.1, 0.15) is 5.70 Å². The second-order valence-corrected chi connectivity index (χ2v) is 5.12. The first-order valence-corrected chi connectivity index (χ1v) is 7.26. The highest BCUT2D eigenvalue weighted by Gasteiger charge is 2.39. The first-order chi connectivity index (χ1) is 11.2. The predicted molar refractivity (Wildman–Crippen MR) is 87.0 cm³/mol. The van der Waals surface area contributed by atoms with Gasteiger partial charge in [0.2, 0.25) is 5.69 Å². The van der Waals surface area contributed by atoms with Crippen molar-refractivity contribution < 1.29 is 14.3 Å². The van der Waals surface area contributed by atoms with Crippen molar-refractivity contribution in [1.29, 1.82) is 0 Å². The molecule has 0 saturated carbocycles. The van der Waals surface area contributed by atoms with Crippen molar-refractivity contribution in [2.75, 3.05) is 0 Å². The third-order valence-corrected chi connectivity index (χ3v) is 3.49. The Bertz CT molecular complexity index is 847. The van der Waals surface area contributed by atoms with Gasteiger partial charge in [0, 0.05) is 17.2 Å². The van der Waals surface area contributed by atoms with Gasteiger partial charge < -0.3 is 0 Å². The number of hydrogen-bond donors (Lipinski definition) is 0. The SMILES string of the molecule is CC1=C(C(=O)/C=C/c2ccccc2)C(=O)[N+](c2ccccc2)=N1. The smallest absolute Gasteiger partial charge is 0.289 e. The number of hydrogen-bond acceptors (Lipinski definition) is 3. The molecule has 0 unspecified atom stereocenters. The van der Waals surface area contributed by atoms with Crippen LogP contribution < -0.4 is 0 Å². The molecule has 4 nitrogen and oxygen atoms in total. The summed E-state index contributed by atoms with van der Waals surface area (Å²) in [6.45, 7) is 1.67. The van der Waals surface area contributed by atoms with Crippen molar-refractivity contribution in [2.24, 2.45) is 5.11 Å². The fourth-order valence-electron chi connectivity index (χ4n) is 2.35. The van der Waals surface area contributed by atoms with Gasteiger partial charge in [-0.05, 0) is 23.3 Å². The van der Waals surface area contributed by atoms with Crippen molar-refractivity contribution in [1.82, 2.24) is 0 Å². The van der Waals surface area contributed by atoms with Crippen LogP contribution in [0, 0.1) is 0 Å². The zero-order valence-electron chi connectivity index (χ0n) is 12.6. The van der Waals surface area contributed by atoms with Crippen LogP contribution in [0.3, 0.4) is 0 Å². The lowest BCUT2D eigenvalue weighted by molar-refractivity contribution is -0.422. The Balaban J connectivity index is 1.82. The van der Waals surface area contributed by atoms with Gasteiger partial charge in [-0.2, -0.15) is 0 Å². The highest BCUT2D eigenvalue weighted by atomic mass is 16.2. The van der Waals surface area contributed by atoms with Crippen LogP contribution in [0.15, 0.2) is 83.1 Å². The number of allylic oxidation sites excluding steroid dienone is 2. The van der Waals surface area contributed by atoms with E-state index in [2.05, 4.69) is 5.11 Å². The Hall–Kier alpha value is -3.14. The summed E-state index contributed by atoms with van der Waals surface area (Å²) in [7, 11) is 0. The number of carbonyl (C=O) groups excluding carboxylic acids is 2. The zero-order chi connectivity index (χ0) is 16.2. The lowest BCUT2D eigenvalue weighted by Gasteiger charge is -1.94. The molecular formula is C19H15N2O2+. The van der Waals surface area contributed by atoms with Crippen LogP contribution in [0.5, 0.6) is 0 Å². The van der Waals surface area contributed by atoms with Gasteiger partial charge in [-0.3, -0.25) is 4.79 Å². The van der Waals surface area contributed by atoms with Crippen LogP contribution in [0.2, 0.25) is 0 Å². The maximum atomic E-state index is 12.5. The molecule has 4 heteroatoms. The molecule has 0 radical (unpaired) electrons. The molecule has 1 heterocycles. The van der Waals surface area contributed by atoms with Crippen LogP contribution in [0.25, 0.3) is 6.08 Å². The van der Waals surface area contributed by atoms with E-state index in [-0.39, 0.29) is 11.4 Å². The molecule has 1 amide bonds. The average Bonchev–Trinajstić information content (AvgIpc) is 2.89. The van der Waals surface area contributed by atoms with Crippen molar-refractivity contribution in [3.8, 4) is 0 Å². The van der Waals surface area contributed by atoms with E-state index < -0.39 is 5.91 Å². The van der Waals surface area contributed by atoms with Gasteiger partial charge >= 0.3 is 5.91 Å². The van der Waals surface area contributed by atoms with E-state index in [1.54, 1.807) is 25.1 Å². The highest BCUT2D eigenvalue weighted by Crippen LogP contribution is 2.24. The van der Waals surface area contributed by atoms with E-state index in [4.69, 9.17) is 0 Å². The van der Waals surface area contributed by atoms with Crippen molar-refractivity contribution >= 4 is 23.5 Å². The molecule has 3 rings (SSSR count). The predicted octanol–water partition coefficient (Wildman–Crippen LogP) is 3.88.